The third-order valence-corrected chi connectivity index (χ3v) is 5.26. The fourth-order valence-electron chi connectivity index (χ4n) is 3.91. The zero-order valence-electron chi connectivity index (χ0n) is 16.2. The summed E-state index contributed by atoms with van der Waals surface area (Å²) in [6.07, 6.45) is 2.62. The van der Waals surface area contributed by atoms with Crippen LogP contribution in [0.5, 0.6) is 0 Å². The second-order valence-corrected chi connectivity index (χ2v) is 7.45. The van der Waals surface area contributed by atoms with Gasteiger partial charge in [0.05, 0.1) is 0 Å². The molecule has 0 spiro atoms. The van der Waals surface area contributed by atoms with Crippen LogP contribution >= 0.6 is 0 Å². The van der Waals surface area contributed by atoms with E-state index in [4.69, 9.17) is 0 Å². The van der Waals surface area contributed by atoms with E-state index in [1.54, 1.807) is 0 Å². The molecule has 0 unspecified atom stereocenters. The number of carbonyl (C=O) groups is 1. The number of anilines is 1. The lowest BCUT2D eigenvalue weighted by atomic mass is 10.0. The van der Waals surface area contributed by atoms with E-state index >= 15 is 0 Å². The van der Waals surface area contributed by atoms with E-state index in [0.717, 1.165) is 38.2 Å². The Labute approximate surface area is 157 Å². The van der Waals surface area contributed by atoms with Crippen LogP contribution in [0.25, 0.3) is 0 Å². The van der Waals surface area contributed by atoms with Crippen LogP contribution in [0, 0.1) is 13.8 Å². The van der Waals surface area contributed by atoms with Crippen molar-refractivity contribution in [1.82, 2.24) is 4.90 Å². The van der Waals surface area contributed by atoms with Crippen LogP contribution in [0.3, 0.4) is 0 Å². The maximum absolute atomic E-state index is 12.6. The zero-order valence-corrected chi connectivity index (χ0v) is 16.2. The number of aryl methyl sites for hydroxylation is 2. The van der Waals surface area contributed by atoms with Crippen molar-refractivity contribution >= 4 is 11.6 Å². The van der Waals surface area contributed by atoms with Crippen LogP contribution in [0.4, 0.5) is 5.69 Å². The van der Waals surface area contributed by atoms with Gasteiger partial charge in [-0.2, -0.15) is 0 Å². The minimum Gasteiger partial charge on any atom is -0.309 e. The Morgan fingerprint density at radius 3 is 2.31 bits per heavy atom. The molecule has 0 atom stereocenters. The van der Waals surface area contributed by atoms with Crippen LogP contribution in [-0.4, -0.2) is 29.9 Å². The number of nitrogens with zero attached hydrogens (tertiary/aromatic N) is 2. The highest BCUT2D eigenvalue weighted by molar-refractivity contribution is 5.93. The Morgan fingerprint density at radius 2 is 1.69 bits per heavy atom. The molecule has 2 aromatic carbocycles. The minimum absolute atomic E-state index is 0.229. The summed E-state index contributed by atoms with van der Waals surface area (Å²) in [7, 11) is 0. The van der Waals surface area contributed by atoms with E-state index in [2.05, 4.69) is 66.1 Å². The molecule has 1 aliphatic heterocycles. The van der Waals surface area contributed by atoms with Gasteiger partial charge >= 0.3 is 0 Å². The summed E-state index contributed by atoms with van der Waals surface area (Å²) in [6, 6.07) is 17.4. The van der Waals surface area contributed by atoms with E-state index < -0.39 is 0 Å². The SMILES string of the molecule is CCC(=O)N(c1cccc(C)c1)C1CCN(Cc2cccc(C)c2)CC1. The number of hydrogen-bond acceptors (Lipinski definition) is 2. The van der Waals surface area contributed by atoms with E-state index in [1.807, 2.05) is 13.0 Å². The minimum atomic E-state index is 0.229. The molecule has 3 rings (SSSR count). The maximum atomic E-state index is 12.6. The fraction of sp³-hybridized carbons (Fsp3) is 0.435. The standard InChI is InChI=1S/C23H30N2O/c1-4-23(26)25(22-10-6-8-19(3)16-22)21-11-13-24(14-12-21)17-20-9-5-7-18(2)15-20/h5-10,15-16,21H,4,11-14,17H2,1-3H3. The molecule has 1 amide bonds. The molecule has 3 heteroatoms. The van der Waals surface area contributed by atoms with Gasteiger partial charge < -0.3 is 4.90 Å². The van der Waals surface area contributed by atoms with E-state index in [1.165, 1.54) is 16.7 Å². The van der Waals surface area contributed by atoms with Gasteiger partial charge in [0.25, 0.3) is 0 Å². The average Bonchev–Trinajstić information content (AvgIpc) is 2.63. The molecular weight excluding hydrogens is 320 g/mol. The number of hydrogen-bond donors (Lipinski definition) is 0. The Bertz CT molecular complexity index is 747. The fourth-order valence-corrected chi connectivity index (χ4v) is 3.91. The lowest BCUT2D eigenvalue weighted by molar-refractivity contribution is -0.119. The van der Waals surface area contributed by atoms with Crippen molar-refractivity contribution < 1.29 is 4.79 Å². The third kappa shape index (κ3) is 4.53. The molecule has 0 saturated carbocycles. The number of rotatable bonds is 5. The first kappa shape index (κ1) is 18.7. The molecule has 1 saturated heterocycles. The Balaban J connectivity index is 1.67. The molecule has 1 heterocycles. The van der Waals surface area contributed by atoms with Crippen LogP contribution in [0.15, 0.2) is 48.5 Å². The van der Waals surface area contributed by atoms with Crippen molar-refractivity contribution in [3.05, 3.63) is 65.2 Å². The van der Waals surface area contributed by atoms with Crippen molar-refractivity contribution in [2.45, 2.75) is 52.6 Å². The molecule has 0 radical (unpaired) electrons. The van der Waals surface area contributed by atoms with E-state index in [9.17, 15) is 4.79 Å². The summed E-state index contributed by atoms with van der Waals surface area (Å²) in [5, 5.41) is 0. The quantitative estimate of drug-likeness (QED) is 0.779. The van der Waals surface area contributed by atoms with Crippen LogP contribution < -0.4 is 4.90 Å². The largest absolute Gasteiger partial charge is 0.309 e. The van der Waals surface area contributed by atoms with Crippen molar-refractivity contribution in [3.8, 4) is 0 Å². The van der Waals surface area contributed by atoms with Crippen molar-refractivity contribution in [1.29, 1.82) is 0 Å². The van der Waals surface area contributed by atoms with Crippen molar-refractivity contribution in [3.63, 3.8) is 0 Å². The first-order valence-electron chi connectivity index (χ1n) is 9.73. The summed E-state index contributed by atoms with van der Waals surface area (Å²) in [4.78, 5) is 17.2. The first-order valence-corrected chi connectivity index (χ1v) is 9.73. The van der Waals surface area contributed by atoms with Gasteiger partial charge in [0.15, 0.2) is 0 Å². The maximum Gasteiger partial charge on any atom is 0.226 e. The highest BCUT2D eigenvalue weighted by atomic mass is 16.2. The van der Waals surface area contributed by atoms with Crippen molar-refractivity contribution in [2.75, 3.05) is 18.0 Å². The number of carbonyl (C=O) groups excluding carboxylic acids is 1. The summed E-state index contributed by atoms with van der Waals surface area (Å²) >= 11 is 0. The number of piperidine rings is 1. The molecule has 0 aromatic heterocycles. The topological polar surface area (TPSA) is 23.6 Å². The predicted octanol–water partition coefficient (Wildman–Crippen LogP) is 4.71. The van der Waals surface area contributed by atoms with Gasteiger partial charge in [-0.1, -0.05) is 48.9 Å². The lowest BCUT2D eigenvalue weighted by Gasteiger charge is -2.38. The van der Waals surface area contributed by atoms with E-state index in [-0.39, 0.29) is 5.91 Å². The van der Waals surface area contributed by atoms with Gasteiger partial charge in [0, 0.05) is 37.8 Å². The number of amides is 1. The number of likely N-dealkylation sites (tertiary alicyclic amines) is 1. The third-order valence-electron chi connectivity index (χ3n) is 5.26. The second-order valence-electron chi connectivity index (χ2n) is 7.45. The van der Waals surface area contributed by atoms with E-state index in [0.29, 0.717) is 12.5 Å². The summed E-state index contributed by atoms with van der Waals surface area (Å²) in [5.41, 5.74) is 4.95. The van der Waals surface area contributed by atoms with Gasteiger partial charge in [-0.3, -0.25) is 9.69 Å². The predicted molar refractivity (Wildman–Crippen MR) is 108 cm³/mol. The molecule has 1 fully saturated rings. The molecule has 0 N–H and O–H groups in total. The monoisotopic (exact) mass is 350 g/mol. The Hall–Kier alpha value is -2.13. The Morgan fingerprint density at radius 1 is 1.04 bits per heavy atom. The smallest absolute Gasteiger partial charge is 0.226 e. The lowest BCUT2D eigenvalue weighted by Crippen LogP contribution is -2.47. The molecule has 26 heavy (non-hydrogen) atoms. The first-order chi connectivity index (χ1) is 12.6. The normalized spacial score (nSPS) is 15.8. The summed E-state index contributed by atoms with van der Waals surface area (Å²) in [5.74, 6) is 0.229. The second kappa shape index (κ2) is 8.50. The number of benzene rings is 2. The van der Waals surface area contributed by atoms with Gasteiger partial charge in [0.2, 0.25) is 5.91 Å². The van der Waals surface area contributed by atoms with Gasteiger partial charge in [0.1, 0.15) is 0 Å². The summed E-state index contributed by atoms with van der Waals surface area (Å²) in [6.45, 7) is 9.27. The van der Waals surface area contributed by atoms with Gasteiger partial charge in [-0.15, -0.1) is 0 Å². The average molecular weight is 351 g/mol. The van der Waals surface area contributed by atoms with Crippen LogP contribution in [0.1, 0.15) is 42.9 Å². The molecule has 1 aliphatic rings. The zero-order chi connectivity index (χ0) is 18.5. The van der Waals surface area contributed by atoms with Gasteiger partial charge in [-0.05, 0) is 49.9 Å². The molecular formula is C23H30N2O. The van der Waals surface area contributed by atoms with Crippen LogP contribution in [-0.2, 0) is 11.3 Å². The highest BCUT2D eigenvalue weighted by Gasteiger charge is 2.28. The van der Waals surface area contributed by atoms with Crippen molar-refractivity contribution in [2.24, 2.45) is 0 Å². The summed E-state index contributed by atoms with van der Waals surface area (Å²) < 4.78 is 0. The Kier molecular flexibility index (Phi) is 6.10. The molecule has 0 aliphatic carbocycles. The highest BCUT2D eigenvalue weighted by Crippen LogP contribution is 2.26. The van der Waals surface area contributed by atoms with Gasteiger partial charge in [-0.25, -0.2) is 0 Å². The van der Waals surface area contributed by atoms with Crippen LogP contribution in [0.2, 0.25) is 0 Å². The molecule has 3 nitrogen and oxygen atoms in total. The molecule has 0 bridgehead atoms. The molecule has 138 valence electrons. The molecule has 2 aromatic rings.